The molecule has 0 saturated carbocycles. The van der Waals surface area contributed by atoms with E-state index < -0.39 is 5.91 Å². The molecule has 1 heterocycles. The molecule has 4 heteroatoms. The molecule has 4 nitrogen and oxygen atoms in total. The van der Waals surface area contributed by atoms with Gasteiger partial charge in [0.15, 0.2) is 0 Å². The van der Waals surface area contributed by atoms with Gasteiger partial charge in [0.25, 0.3) is 0 Å². The van der Waals surface area contributed by atoms with Crippen molar-refractivity contribution in [3.63, 3.8) is 0 Å². The van der Waals surface area contributed by atoms with E-state index in [0.717, 1.165) is 43.3 Å². The second-order valence-corrected chi connectivity index (χ2v) is 5.17. The summed E-state index contributed by atoms with van der Waals surface area (Å²) in [6, 6.07) is 5.43. The summed E-state index contributed by atoms with van der Waals surface area (Å²) in [6.45, 7) is 4.86. The molecular formula is C15H22N2O2. The van der Waals surface area contributed by atoms with Crippen molar-refractivity contribution in [3.05, 3.63) is 29.3 Å². The van der Waals surface area contributed by atoms with Crippen molar-refractivity contribution in [2.75, 3.05) is 19.7 Å². The van der Waals surface area contributed by atoms with E-state index in [9.17, 15) is 4.79 Å². The number of benzene rings is 1. The third-order valence-corrected chi connectivity index (χ3v) is 3.72. The maximum absolute atomic E-state index is 11.1. The van der Waals surface area contributed by atoms with Crippen LogP contribution in [0.1, 0.15) is 35.2 Å². The number of piperidine rings is 1. The Kier molecular flexibility index (Phi) is 4.80. The van der Waals surface area contributed by atoms with Crippen molar-refractivity contribution < 1.29 is 9.53 Å². The Morgan fingerprint density at radius 3 is 2.79 bits per heavy atom. The fourth-order valence-electron chi connectivity index (χ4n) is 2.52. The Labute approximate surface area is 114 Å². The fraction of sp³-hybridized carbons (Fsp3) is 0.533. The van der Waals surface area contributed by atoms with Gasteiger partial charge in [-0.2, -0.15) is 0 Å². The summed E-state index contributed by atoms with van der Waals surface area (Å²) in [5, 5.41) is 3.36. The Morgan fingerprint density at radius 2 is 2.16 bits per heavy atom. The van der Waals surface area contributed by atoms with E-state index in [0.29, 0.717) is 5.56 Å². The van der Waals surface area contributed by atoms with Crippen LogP contribution < -0.4 is 15.8 Å². The molecule has 1 amide bonds. The number of aryl methyl sites for hydroxylation is 1. The van der Waals surface area contributed by atoms with E-state index in [-0.39, 0.29) is 0 Å². The van der Waals surface area contributed by atoms with Gasteiger partial charge in [-0.1, -0.05) is 0 Å². The standard InChI is InChI=1S/C15H22N2O2/c1-11-10-13(2-3-14(11)15(16)18)19-9-6-12-4-7-17-8-5-12/h2-3,10,12,17H,4-9H2,1H3,(H2,16,18). The molecule has 1 aliphatic heterocycles. The van der Waals surface area contributed by atoms with Crippen LogP contribution in [-0.4, -0.2) is 25.6 Å². The Hall–Kier alpha value is -1.55. The summed E-state index contributed by atoms with van der Waals surface area (Å²) in [7, 11) is 0. The smallest absolute Gasteiger partial charge is 0.248 e. The van der Waals surface area contributed by atoms with Crippen molar-refractivity contribution in [3.8, 4) is 5.75 Å². The number of rotatable bonds is 5. The van der Waals surface area contributed by atoms with Gasteiger partial charge < -0.3 is 15.8 Å². The third-order valence-electron chi connectivity index (χ3n) is 3.72. The predicted octanol–water partition coefficient (Wildman–Crippen LogP) is 1.86. The van der Waals surface area contributed by atoms with Gasteiger partial charge in [0.05, 0.1) is 6.61 Å². The van der Waals surface area contributed by atoms with Gasteiger partial charge in [0.1, 0.15) is 5.75 Å². The number of hydrogen-bond donors (Lipinski definition) is 2. The van der Waals surface area contributed by atoms with Crippen molar-refractivity contribution in [1.29, 1.82) is 0 Å². The lowest BCUT2D eigenvalue weighted by atomic mass is 9.95. The quantitative estimate of drug-likeness (QED) is 0.851. The third kappa shape index (κ3) is 3.96. The molecule has 2 rings (SSSR count). The second-order valence-electron chi connectivity index (χ2n) is 5.17. The summed E-state index contributed by atoms with van der Waals surface area (Å²) in [5.41, 5.74) is 6.70. The average Bonchev–Trinajstić information content (AvgIpc) is 2.39. The molecule has 0 atom stereocenters. The number of primary amides is 1. The van der Waals surface area contributed by atoms with Crippen LogP contribution in [0.15, 0.2) is 18.2 Å². The van der Waals surface area contributed by atoms with Gasteiger partial charge >= 0.3 is 0 Å². The predicted molar refractivity (Wildman–Crippen MR) is 75.4 cm³/mol. The number of ether oxygens (including phenoxy) is 1. The zero-order valence-corrected chi connectivity index (χ0v) is 11.4. The summed E-state index contributed by atoms with van der Waals surface area (Å²) in [5.74, 6) is 1.20. The van der Waals surface area contributed by atoms with Crippen LogP contribution >= 0.6 is 0 Å². The first-order chi connectivity index (χ1) is 9.16. The summed E-state index contributed by atoms with van der Waals surface area (Å²) in [6.07, 6.45) is 3.57. The Balaban J connectivity index is 1.82. The molecule has 0 unspecified atom stereocenters. The molecule has 1 aromatic carbocycles. The van der Waals surface area contributed by atoms with Gasteiger partial charge in [-0.15, -0.1) is 0 Å². The van der Waals surface area contributed by atoms with Gasteiger partial charge in [0.2, 0.25) is 5.91 Å². The molecule has 0 aromatic heterocycles. The molecule has 0 spiro atoms. The minimum Gasteiger partial charge on any atom is -0.494 e. The first kappa shape index (κ1) is 13.9. The molecule has 104 valence electrons. The maximum Gasteiger partial charge on any atom is 0.248 e. The van der Waals surface area contributed by atoms with Crippen LogP contribution in [0.5, 0.6) is 5.75 Å². The molecule has 1 fully saturated rings. The Morgan fingerprint density at radius 1 is 1.42 bits per heavy atom. The van der Waals surface area contributed by atoms with Gasteiger partial charge in [0, 0.05) is 5.56 Å². The van der Waals surface area contributed by atoms with E-state index in [1.54, 1.807) is 6.07 Å². The number of nitrogens with one attached hydrogen (secondary N) is 1. The fourth-order valence-corrected chi connectivity index (χ4v) is 2.52. The normalized spacial score (nSPS) is 16.3. The number of nitrogens with two attached hydrogens (primary N) is 1. The topological polar surface area (TPSA) is 64.3 Å². The van der Waals surface area contributed by atoms with E-state index in [4.69, 9.17) is 10.5 Å². The van der Waals surface area contributed by atoms with Crippen molar-refractivity contribution in [1.82, 2.24) is 5.32 Å². The number of amides is 1. The molecule has 0 radical (unpaired) electrons. The molecule has 3 N–H and O–H groups in total. The lowest BCUT2D eigenvalue weighted by Crippen LogP contribution is -2.28. The van der Waals surface area contributed by atoms with Crippen LogP contribution in [0.3, 0.4) is 0 Å². The average molecular weight is 262 g/mol. The first-order valence-electron chi connectivity index (χ1n) is 6.91. The zero-order chi connectivity index (χ0) is 13.7. The van der Waals surface area contributed by atoms with Crippen molar-refractivity contribution in [2.24, 2.45) is 11.7 Å². The highest BCUT2D eigenvalue weighted by Gasteiger charge is 2.13. The second kappa shape index (κ2) is 6.57. The molecule has 1 aliphatic rings. The molecule has 19 heavy (non-hydrogen) atoms. The van der Waals surface area contributed by atoms with Gasteiger partial charge in [-0.25, -0.2) is 0 Å². The lowest BCUT2D eigenvalue weighted by molar-refractivity contribution is 0.0999. The number of carbonyl (C=O) groups excluding carboxylic acids is 1. The highest BCUT2D eigenvalue weighted by molar-refractivity contribution is 5.94. The SMILES string of the molecule is Cc1cc(OCCC2CCNCC2)ccc1C(N)=O. The minimum atomic E-state index is -0.390. The van der Waals surface area contributed by atoms with Crippen molar-refractivity contribution >= 4 is 5.91 Å². The van der Waals surface area contributed by atoms with Crippen LogP contribution in [0.2, 0.25) is 0 Å². The molecule has 1 aromatic rings. The molecular weight excluding hydrogens is 240 g/mol. The monoisotopic (exact) mass is 262 g/mol. The first-order valence-corrected chi connectivity index (χ1v) is 6.91. The summed E-state index contributed by atoms with van der Waals surface area (Å²) in [4.78, 5) is 11.1. The van der Waals surface area contributed by atoms with Crippen LogP contribution in [0, 0.1) is 12.8 Å². The largest absolute Gasteiger partial charge is 0.494 e. The maximum atomic E-state index is 11.1. The molecule has 0 aliphatic carbocycles. The van der Waals surface area contributed by atoms with E-state index >= 15 is 0 Å². The van der Waals surface area contributed by atoms with Gasteiger partial charge in [-0.05, 0) is 69.0 Å². The summed E-state index contributed by atoms with van der Waals surface area (Å²) < 4.78 is 5.75. The zero-order valence-electron chi connectivity index (χ0n) is 11.4. The number of carbonyl (C=O) groups is 1. The highest BCUT2D eigenvalue weighted by Crippen LogP contribution is 2.19. The van der Waals surface area contributed by atoms with E-state index in [1.807, 2.05) is 19.1 Å². The highest BCUT2D eigenvalue weighted by atomic mass is 16.5. The lowest BCUT2D eigenvalue weighted by Gasteiger charge is -2.22. The number of hydrogen-bond acceptors (Lipinski definition) is 3. The molecule has 0 bridgehead atoms. The van der Waals surface area contributed by atoms with Crippen molar-refractivity contribution in [2.45, 2.75) is 26.2 Å². The van der Waals surface area contributed by atoms with Gasteiger partial charge in [-0.3, -0.25) is 4.79 Å². The van der Waals surface area contributed by atoms with Crippen LogP contribution in [0.25, 0.3) is 0 Å². The van der Waals surface area contributed by atoms with Crippen LogP contribution in [0.4, 0.5) is 0 Å². The van der Waals surface area contributed by atoms with Crippen LogP contribution in [-0.2, 0) is 0 Å². The summed E-state index contributed by atoms with van der Waals surface area (Å²) >= 11 is 0. The van der Waals surface area contributed by atoms with E-state index in [1.165, 1.54) is 12.8 Å². The van der Waals surface area contributed by atoms with E-state index in [2.05, 4.69) is 5.32 Å². The molecule has 1 saturated heterocycles. The minimum absolute atomic E-state index is 0.390. The Bertz CT molecular complexity index is 440.